The van der Waals surface area contributed by atoms with Crippen LogP contribution in [0.1, 0.15) is 38.5 Å². The first-order chi connectivity index (χ1) is 9.63. The highest BCUT2D eigenvalue weighted by Gasteiger charge is 1.98. The number of carboxylic acids is 2. The molecule has 2 N–H and O–H groups in total. The Labute approximate surface area is 136 Å². The average Bonchev–Trinajstić information content (AvgIpc) is 2.38. The zero-order valence-electron chi connectivity index (χ0n) is 11.4. The Kier molecular flexibility index (Phi) is 16.0. The van der Waals surface area contributed by atoms with Gasteiger partial charge < -0.3 is 10.2 Å². The summed E-state index contributed by atoms with van der Waals surface area (Å²) in [6.07, 6.45) is 5.28. The van der Waals surface area contributed by atoms with Gasteiger partial charge in [0.2, 0.25) is 0 Å². The van der Waals surface area contributed by atoms with Crippen molar-refractivity contribution in [1.29, 1.82) is 0 Å². The molecule has 0 aliphatic carbocycles. The van der Waals surface area contributed by atoms with Gasteiger partial charge in [-0.15, -0.1) is 0 Å². The summed E-state index contributed by atoms with van der Waals surface area (Å²) >= 11 is 0. The number of rotatable bonds is 15. The van der Waals surface area contributed by atoms with E-state index in [1.54, 1.807) is 43.2 Å². The zero-order chi connectivity index (χ0) is 15.1. The Balaban J connectivity index is 2.99. The van der Waals surface area contributed by atoms with Gasteiger partial charge >= 0.3 is 11.9 Å². The van der Waals surface area contributed by atoms with Gasteiger partial charge in [-0.2, -0.15) is 0 Å². The fourth-order valence-electron chi connectivity index (χ4n) is 1.17. The van der Waals surface area contributed by atoms with Gasteiger partial charge in [0.1, 0.15) is 0 Å². The minimum Gasteiger partial charge on any atom is -0.481 e. The Bertz CT molecular complexity index is 238. The fourth-order valence-corrected chi connectivity index (χ4v) is 5.42. The first-order valence-corrected chi connectivity index (χ1v) is 11.5. The molecule has 0 bridgehead atoms. The van der Waals surface area contributed by atoms with Crippen LogP contribution in [0.5, 0.6) is 0 Å². The number of hydrogen-bond acceptors (Lipinski definition) is 6. The number of carboxylic acid groups (broad SMARTS) is 2. The van der Waals surface area contributed by atoms with Crippen molar-refractivity contribution in [2.45, 2.75) is 38.5 Å². The van der Waals surface area contributed by atoms with Crippen LogP contribution in [-0.4, -0.2) is 45.2 Å². The van der Waals surface area contributed by atoms with E-state index in [1.165, 1.54) is 25.7 Å². The molecule has 0 spiro atoms. The summed E-state index contributed by atoms with van der Waals surface area (Å²) in [6.45, 7) is 0. The summed E-state index contributed by atoms with van der Waals surface area (Å²) in [5.41, 5.74) is 0. The highest BCUT2D eigenvalue weighted by Crippen LogP contribution is 2.25. The molecule has 0 amide bonds. The molecule has 0 unspecified atom stereocenters. The third-order valence-corrected chi connectivity index (χ3v) is 7.16. The van der Waals surface area contributed by atoms with Crippen molar-refractivity contribution >= 4 is 55.1 Å². The van der Waals surface area contributed by atoms with Crippen LogP contribution >= 0.6 is 43.2 Å². The van der Waals surface area contributed by atoms with Crippen LogP contribution in [-0.2, 0) is 9.59 Å². The van der Waals surface area contributed by atoms with Gasteiger partial charge in [-0.05, 0) is 12.8 Å². The predicted octanol–water partition coefficient (Wildman–Crippen LogP) is 4.26. The third-order valence-electron chi connectivity index (χ3n) is 2.17. The predicted molar refractivity (Wildman–Crippen MR) is 92.8 cm³/mol. The molecule has 0 fully saturated rings. The molecule has 0 aromatic heterocycles. The van der Waals surface area contributed by atoms with Crippen molar-refractivity contribution in [1.82, 2.24) is 0 Å². The Morgan fingerprint density at radius 2 is 0.950 bits per heavy atom. The van der Waals surface area contributed by atoms with Crippen molar-refractivity contribution in [3.05, 3.63) is 0 Å². The minimum absolute atomic E-state index is 0.244. The lowest BCUT2D eigenvalue weighted by Crippen LogP contribution is -1.95. The van der Waals surface area contributed by atoms with Crippen LogP contribution in [0.25, 0.3) is 0 Å². The average molecular weight is 359 g/mol. The molecule has 0 saturated heterocycles. The van der Waals surface area contributed by atoms with Crippen molar-refractivity contribution in [3.8, 4) is 0 Å². The second-order valence-electron chi connectivity index (χ2n) is 3.99. The van der Waals surface area contributed by atoms with E-state index < -0.39 is 11.9 Å². The smallest absolute Gasteiger partial charge is 0.304 e. The Morgan fingerprint density at radius 3 is 1.30 bits per heavy atom. The molecule has 0 aliphatic heterocycles. The molecule has 0 aromatic carbocycles. The monoisotopic (exact) mass is 358 g/mol. The van der Waals surface area contributed by atoms with E-state index in [1.807, 2.05) is 0 Å². The topological polar surface area (TPSA) is 74.6 Å². The van der Waals surface area contributed by atoms with Crippen LogP contribution in [0.4, 0.5) is 0 Å². The summed E-state index contributed by atoms with van der Waals surface area (Å²) in [4.78, 5) is 20.6. The highest BCUT2D eigenvalue weighted by molar-refractivity contribution is 8.77. The Hall–Kier alpha value is 0.340. The molecule has 8 heteroatoms. The summed E-state index contributed by atoms with van der Waals surface area (Å²) in [7, 11) is 6.81. The molecule has 0 radical (unpaired) electrons. The molecule has 0 saturated carbocycles. The molecule has 0 rings (SSSR count). The van der Waals surface area contributed by atoms with Gasteiger partial charge in [0.05, 0.1) is 12.8 Å². The van der Waals surface area contributed by atoms with Crippen LogP contribution in [0.2, 0.25) is 0 Å². The lowest BCUT2D eigenvalue weighted by Gasteiger charge is -2.02. The van der Waals surface area contributed by atoms with E-state index >= 15 is 0 Å². The molecule has 0 aromatic rings. The van der Waals surface area contributed by atoms with Crippen molar-refractivity contribution in [2.75, 3.05) is 23.0 Å². The number of unbranched alkanes of at least 4 members (excludes halogenated alkanes) is 3. The maximum Gasteiger partial charge on any atom is 0.304 e. The number of hydrogen-bond donors (Lipinski definition) is 2. The maximum absolute atomic E-state index is 10.3. The normalized spacial score (nSPS) is 10.6. The first-order valence-electron chi connectivity index (χ1n) is 6.55. The van der Waals surface area contributed by atoms with Gasteiger partial charge in [0, 0.05) is 23.0 Å². The van der Waals surface area contributed by atoms with E-state index in [2.05, 4.69) is 0 Å². The van der Waals surface area contributed by atoms with Gasteiger partial charge in [0.15, 0.2) is 0 Å². The third kappa shape index (κ3) is 18.3. The summed E-state index contributed by atoms with van der Waals surface area (Å²) in [5.74, 6) is 2.10. The van der Waals surface area contributed by atoms with Crippen LogP contribution in [0.15, 0.2) is 0 Å². The van der Waals surface area contributed by atoms with Crippen molar-refractivity contribution in [2.24, 2.45) is 0 Å². The van der Waals surface area contributed by atoms with Crippen LogP contribution < -0.4 is 0 Å². The molecule has 0 aliphatic rings. The lowest BCUT2D eigenvalue weighted by molar-refractivity contribution is -0.137. The fraction of sp³-hybridized carbons (Fsp3) is 0.833. The molecule has 0 heterocycles. The van der Waals surface area contributed by atoms with Gasteiger partial charge in [-0.3, -0.25) is 9.59 Å². The quantitative estimate of drug-likeness (QED) is 0.332. The standard InChI is InChI=1S/C12H22O4S4/c13-11(14)5-9-19-17-7-3-1-2-4-8-18-20-10-6-12(15)16/h1-10H2,(H,13,14)(H,15,16). The van der Waals surface area contributed by atoms with E-state index in [9.17, 15) is 9.59 Å². The largest absolute Gasteiger partial charge is 0.481 e. The van der Waals surface area contributed by atoms with Gasteiger partial charge in [-0.25, -0.2) is 0 Å². The van der Waals surface area contributed by atoms with E-state index in [4.69, 9.17) is 10.2 Å². The van der Waals surface area contributed by atoms with Crippen molar-refractivity contribution < 1.29 is 19.8 Å². The van der Waals surface area contributed by atoms with E-state index in [-0.39, 0.29) is 12.8 Å². The molecular formula is C12H22O4S4. The highest BCUT2D eigenvalue weighted by atomic mass is 33.1. The first kappa shape index (κ1) is 20.3. The van der Waals surface area contributed by atoms with Crippen LogP contribution in [0.3, 0.4) is 0 Å². The SMILES string of the molecule is O=C(O)CCSSCCCCCCSSCCC(=O)O. The van der Waals surface area contributed by atoms with Gasteiger partial charge in [0.25, 0.3) is 0 Å². The summed E-state index contributed by atoms with van der Waals surface area (Å²) in [5, 5.41) is 16.9. The summed E-state index contributed by atoms with van der Waals surface area (Å²) in [6, 6.07) is 0. The lowest BCUT2D eigenvalue weighted by atomic mass is 10.2. The van der Waals surface area contributed by atoms with Gasteiger partial charge in [-0.1, -0.05) is 56.0 Å². The van der Waals surface area contributed by atoms with E-state index in [0.717, 1.165) is 11.5 Å². The molecule has 4 nitrogen and oxygen atoms in total. The molecule has 20 heavy (non-hydrogen) atoms. The minimum atomic E-state index is -0.725. The maximum atomic E-state index is 10.3. The zero-order valence-corrected chi connectivity index (χ0v) is 14.7. The molecular weight excluding hydrogens is 336 g/mol. The Morgan fingerprint density at radius 1 is 0.600 bits per heavy atom. The molecule has 0 atom stereocenters. The van der Waals surface area contributed by atoms with E-state index in [0.29, 0.717) is 11.5 Å². The second kappa shape index (κ2) is 15.7. The molecule has 118 valence electrons. The number of carbonyl (C=O) groups is 2. The van der Waals surface area contributed by atoms with Crippen LogP contribution in [0, 0.1) is 0 Å². The number of aliphatic carboxylic acids is 2. The summed E-state index contributed by atoms with van der Waals surface area (Å²) < 4.78 is 0. The second-order valence-corrected chi connectivity index (χ2v) is 9.39. The van der Waals surface area contributed by atoms with Crippen molar-refractivity contribution in [3.63, 3.8) is 0 Å².